The van der Waals surface area contributed by atoms with E-state index in [9.17, 15) is 5.11 Å². The monoisotopic (exact) mass is 536 g/mol. The van der Waals surface area contributed by atoms with Gasteiger partial charge in [0.15, 0.2) is 6.79 Å². The van der Waals surface area contributed by atoms with Crippen LogP contribution < -0.4 is 4.74 Å². The number of aromatic hydroxyl groups is 1. The summed E-state index contributed by atoms with van der Waals surface area (Å²) >= 11 is 4.96. The van der Waals surface area contributed by atoms with E-state index in [1.807, 2.05) is 6.07 Å². The molecule has 0 radical (unpaired) electrons. The molecule has 0 aliphatic carbocycles. The zero-order valence-corrected chi connectivity index (χ0v) is 26.7. The zero-order chi connectivity index (χ0) is 29.2. The van der Waals surface area contributed by atoms with Gasteiger partial charge in [0.2, 0.25) is 0 Å². The first kappa shape index (κ1) is 35.2. The van der Waals surface area contributed by atoms with E-state index in [2.05, 4.69) is 112 Å². The minimum atomic E-state index is -0.00859. The molecule has 0 heterocycles. The van der Waals surface area contributed by atoms with Crippen molar-refractivity contribution in [2.45, 2.75) is 105 Å². The van der Waals surface area contributed by atoms with Gasteiger partial charge in [-0.05, 0) is 56.0 Å². The third kappa shape index (κ3) is 12.6. The third-order valence-electron chi connectivity index (χ3n) is 5.77. The van der Waals surface area contributed by atoms with Crippen LogP contribution in [0.2, 0.25) is 0 Å². The summed E-state index contributed by atoms with van der Waals surface area (Å²) in [7, 11) is 3.19. The average molecular weight is 537 g/mol. The molecule has 0 spiro atoms. The number of phenols is 1. The summed E-state index contributed by atoms with van der Waals surface area (Å²) in [6, 6.07) is 12.7. The van der Waals surface area contributed by atoms with Crippen LogP contribution in [-0.2, 0) is 31.1 Å². The fourth-order valence-electron chi connectivity index (χ4n) is 3.43. The Kier molecular flexibility index (Phi) is 13.7. The fourth-order valence-corrected chi connectivity index (χ4v) is 3.43. The fraction of sp³-hybridized carbons (Fsp3) is 0.625. The minimum Gasteiger partial charge on any atom is -0.508 e. The molecule has 2 aromatic carbocycles. The summed E-state index contributed by atoms with van der Waals surface area (Å²) in [5.41, 5.74) is 5.19. The largest absolute Gasteiger partial charge is 0.508 e. The smallest absolute Gasteiger partial charge is 0.188 e. The van der Waals surface area contributed by atoms with Gasteiger partial charge in [0.05, 0.1) is 0 Å². The Labute approximate surface area is 232 Å². The number of methoxy groups -OCH3 is 2. The highest BCUT2D eigenvalue weighted by atomic mass is 35.5. The van der Waals surface area contributed by atoms with Crippen molar-refractivity contribution in [2.75, 3.05) is 27.1 Å². The molecule has 0 aliphatic heterocycles. The second-order valence-electron chi connectivity index (χ2n) is 13.4. The molecule has 0 aromatic heterocycles. The van der Waals surface area contributed by atoms with Crippen molar-refractivity contribution in [3.63, 3.8) is 0 Å². The summed E-state index contributed by atoms with van der Waals surface area (Å²) in [6.45, 7) is 26.5. The lowest BCUT2D eigenvalue weighted by molar-refractivity contribution is 0.0498. The van der Waals surface area contributed by atoms with Crippen LogP contribution in [0.1, 0.15) is 105 Å². The molecule has 212 valence electrons. The Bertz CT molecular complexity index is 937. The van der Waals surface area contributed by atoms with Crippen LogP contribution in [-0.4, -0.2) is 32.2 Å². The molecule has 0 saturated carbocycles. The van der Waals surface area contributed by atoms with Crippen LogP contribution in [0.25, 0.3) is 0 Å². The van der Waals surface area contributed by atoms with Gasteiger partial charge in [0.25, 0.3) is 0 Å². The summed E-state index contributed by atoms with van der Waals surface area (Å²) in [4.78, 5) is 0. The summed E-state index contributed by atoms with van der Waals surface area (Å²) in [6.07, 6.45) is 0. The van der Waals surface area contributed by atoms with Crippen LogP contribution >= 0.6 is 11.6 Å². The second-order valence-corrected chi connectivity index (χ2v) is 13.6. The average Bonchev–Trinajstić information content (AvgIpc) is 2.75. The summed E-state index contributed by atoms with van der Waals surface area (Å²) < 4.78 is 15.0. The van der Waals surface area contributed by atoms with Gasteiger partial charge in [-0.1, -0.05) is 119 Å². The SMILES string of the molecule is CC(C)(C)c1ccc(O)c(C(C)(C)C)c1.COCCl.COCOc1ccc(C(C)(C)C)cc1C(C)(C)C. The second kappa shape index (κ2) is 14.4. The van der Waals surface area contributed by atoms with Gasteiger partial charge in [-0.25, -0.2) is 0 Å². The van der Waals surface area contributed by atoms with Gasteiger partial charge in [-0.2, -0.15) is 0 Å². The number of hydrogen-bond acceptors (Lipinski definition) is 4. The first-order chi connectivity index (χ1) is 16.7. The van der Waals surface area contributed by atoms with Gasteiger partial charge in [0, 0.05) is 14.2 Å². The maximum atomic E-state index is 9.84. The highest BCUT2D eigenvalue weighted by Gasteiger charge is 2.23. The molecular formula is C32H53ClO4. The Morgan fingerprint density at radius 3 is 1.38 bits per heavy atom. The standard InChI is InChI=1S/C16H26O2.C14H22O.C2H5ClO/c1-15(2,3)12-8-9-14(18-11-17-7)13(10-12)16(4,5)6;1-13(2,3)10-7-8-12(15)11(9-10)14(4,5)6;1-4-2-3/h8-10H,11H2,1-7H3;7-9,15H,1-6H3;2H2,1H3. The normalized spacial score (nSPS) is 12.2. The molecule has 0 fully saturated rings. The van der Waals surface area contributed by atoms with Gasteiger partial charge < -0.3 is 19.3 Å². The molecule has 4 nitrogen and oxygen atoms in total. The first-order valence-electron chi connectivity index (χ1n) is 12.9. The van der Waals surface area contributed by atoms with Crippen molar-refractivity contribution >= 4 is 11.6 Å². The summed E-state index contributed by atoms with van der Waals surface area (Å²) in [5, 5.41) is 9.84. The molecule has 37 heavy (non-hydrogen) atoms. The zero-order valence-electron chi connectivity index (χ0n) is 25.9. The van der Waals surface area contributed by atoms with E-state index in [1.165, 1.54) is 16.7 Å². The third-order valence-corrected chi connectivity index (χ3v) is 5.98. The molecule has 0 aliphatic rings. The van der Waals surface area contributed by atoms with E-state index in [0.29, 0.717) is 11.8 Å². The van der Waals surface area contributed by atoms with Gasteiger partial charge in [-0.3, -0.25) is 0 Å². The van der Waals surface area contributed by atoms with E-state index in [1.54, 1.807) is 20.3 Å². The molecule has 0 atom stereocenters. The number of halogens is 1. The number of phenolic OH excluding ortho intramolecular Hbond substituents is 1. The van der Waals surface area contributed by atoms with E-state index in [4.69, 9.17) is 21.1 Å². The maximum absolute atomic E-state index is 9.84. The molecule has 5 heteroatoms. The lowest BCUT2D eigenvalue weighted by atomic mass is 9.80. The number of alkyl halides is 1. The number of hydrogen-bond donors (Lipinski definition) is 1. The van der Waals surface area contributed by atoms with E-state index < -0.39 is 0 Å². The Balaban J connectivity index is 0.000000619. The summed E-state index contributed by atoms with van der Waals surface area (Å²) in [5.74, 6) is 1.31. The number of ether oxygens (including phenoxy) is 3. The van der Waals surface area contributed by atoms with Crippen molar-refractivity contribution < 1.29 is 19.3 Å². The van der Waals surface area contributed by atoms with Crippen molar-refractivity contribution in [3.8, 4) is 11.5 Å². The minimum absolute atomic E-state index is 0.00859. The first-order valence-corrected chi connectivity index (χ1v) is 13.4. The van der Waals surface area contributed by atoms with Gasteiger partial charge in [0.1, 0.15) is 17.6 Å². The molecule has 1 N–H and O–H groups in total. The van der Waals surface area contributed by atoms with Crippen LogP contribution in [0.3, 0.4) is 0 Å². The molecule has 0 bridgehead atoms. The highest BCUT2D eigenvalue weighted by molar-refractivity contribution is 6.17. The molecule has 2 rings (SSSR count). The predicted octanol–water partition coefficient (Wildman–Crippen LogP) is 9.08. The number of benzene rings is 2. The topological polar surface area (TPSA) is 47.9 Å². The van der Waals surface area contributed by atoms with Crippen molar-refractivity contribution in [2.24, 2.45) is 0 Å². The van der Waals surface area contributed by atoms with Crippen molar-refractivity contribution in [3.05, 3.63) is 58.7 Å². The Morgan fingerprint density at radius 2 is 1.03 bits per heavy atom. The highest BCUT2D eigenvalue weighted by Crippen LogP contribution is 2.36. The van der Waals surface area contributed by atoms with Crippen molar-refractivity contribution in [1.82, 2.24) is 0 Å². The molecule has 2 aromatic rings. The van der Waals surface area contributed by atoms with Gasteiger partial charge >= 0.3 is 0 Å². The molecule has 0 saturated heterocycles. The van der Waals surface area contributed by atoms with Crippen LogP contribution in [0.15, 0.2) is 36.4 Å². The number of rotatable bonds is 4. The van der Waals surface area contributed by atoms with Gasteiger partial charge in [-0.15, -0.1) is 0 Å². The maximum Gasteiger partial charge on any atom is 0.188 e. The quantitative estimate of drug-likeness (QED) is 0.312. The predicted molar refractivity (Wildman–Crippen MR) is 160 cm³/mol. The molecule has 0 unspecified atom stereocenters. The molecular weight excluding hydrogens is 484 g/mol. The molecule has 0 amide bonds. The van der Waals surface area contributed by atoms with E-state index in [0.717, 1.165) is 11.3 Å². The van der Waals surface area contributed by atoms with E-state index in [-0.39, 0.29) is 28.5 Å². The van der Waals surface area contributed by atoms with Crippen LogP contribution in [0, 0.1) is 0 Å². The Morgan fingerprint density at radius 1 is 0.622 bits per heavy atom. The van der Waals surface area contributed by atoms with E-state index >= 15 is 0 Å². The van der Waals surface area contributed by atoms with Crippen LogP contribution in [0.5, 0.6) is 11.5 Å². The van der Waals surface area contributed by atoms with Crippen molar-refractivity contribution in [1.29, 1.82) is 0 Å². The van der Waals surface area contributed by atoms with Crippen LogP contribution in [0.4, 0.5) is 0 Å². The lowest BCUT2D eigenvalue weighted by Crippen LogP contribution is -2.18. The Hall–Kier alpha value is -1.75. The lowest BCUT2D eigenvalue weighted by Gasteiger charge is -2.27.